The van der Waals surface area contributed by atoms with Crippen molar-refractivity contribution in [3.05, 3.63) is 29.3 Å². The predicted octanol–water partition coefficient (Wildman–Crippen LogP) is 3.90. The summed E-state index contributed by atoms with van der Waals surface area (Å²) in [5, 5.41) is 2.47. The van der Waals surface area contributed by atoms with E-state index in [1.165, 1.54) is 12.1 Å². The van der Waals surface area contributed by atoms with Crippen LogP contribution in [0.2, 0.25) is 0 Å². The Kier molecular flexibility index (Phi) is 8.24. The molecular formula is C17H26ClF3N2O2. The van der Waals surface area contributed by atoms with Gasteiger partial charge in [-0.3, -0.25) is 4.79 Å². The van der Waals surface area contributed by atoms with Crippen LogP contribution in [0.5, 0.6) is 5.75 Å². The molecule has 0 aromatic heterocycles. The number of hydrogen-bond acceptors (Lipinski definition) is 3. The second-order valence-corrected chi connectivity index (χ2v) is 7.04. The number of hydrogen-bond donors (Lipinski definition) is 2. The van der Waals surface area contributed by atoms with E-state index in [1.807, 2.05) is 0 Å². The highest BCUT2D eigenvalue weighted by atomic mass is 35.5. The third kappa shape index (κ3) is 7.12. The van der Waals surface area contributed by atoms with Crippen LogP contribution in [0.3, 0.4) is 0 Å². The fourth-order valence-corrected chi connectivity index (χ4v) is 2.00. The molecule has 0 aliphatic carbocycles. The minimum Gasteiger partial charge on any atom is -0.491 e. The summed E-state index contributed by atoms with van der Waals surface area (Å²) in [5.41, 5.74) is 4.46. The number of nitrogens with one attached hydrogen (secondary N) is 1. The summed E-state index contributed by atoms with van der Waals surface area (Å²) < 4.78 is 45.0. The first-order valence-electron chi connectivity index (χ1n) is 7.72. The van der Waals surface area contributed by atoms with Gasteiger partial charge in [0.15, 0.2) is 0 Å². The van der Waals surface area contributed by atoms with Crippen LogP contribution in [0.1, 0.15) is 45.7 Å². The van der Waals surface area contributed by atoms with Crippen molar-refractivity contribution in [3.8, 4) is 5.75 Å². The molecule has 1 aromatic carbocycles. The molecular weight excluding hydrogens is 357 g/mol. The van der Waals surface area contributed by atoms with Crippen molar-refractivity contribution < 1.29 is 22.7 Å². The number of nitrogens with two attached hydrogens (primary N) is 1. The minimum absolute atomic E-state index is 0. The highest BCUT2D eigenvalue weighted by Crippen LogP contribution is 2.34. The summed E-state index contributed by atoms with van der Waals surface area (Å²) in [7, 11) is 0. The molecule has 0 saturated heterocycles. The monoisotopic (exact) mass is 382 g/mol. The molecule has 4 nitrogen and oxygen atoms in total. The normalized spacial score (nSPS) is 13.2. The van der Waals surface area contributed by atoms with Gasteiger partial charge < -0.3 is 15.8 Å². The molecule has 1 rings (SSSR count). The van der Waals surface area contributed by atoms with Gasteiger partial charge in [0.2, 0.25) is 5.91 Å². The Morgan fingerprint density at radius 3 is 2.24 bits per heavy atom. The van der Waals surface area contributed by atoms with Crippen molar-refractivity contribution in [1.82, 2.24) is 5.32 Å². The van der Waals surface area contributed by atoms with Crippen LogP contribution >= 0.6 is 12.4 Å². The van der Waals surface area contributed by atoms with Crippen LogP contribution in [0.25, 0.3) is 0 Å². The summed E-state index contributed by atoms with van der Waals surface area (Å²) >= 11 is 0. The maximum atomic E-state index is 13.2. The predicted molar refractivity (Wildman–Crippen MR) is 93.7 cm³/mol. The van der Waals surface area contributed by atoms with Gasteiger partial charge in [0, 0.05) is 6.54 Å². The number of ether oxygens (including phenoxy) is 1. The van der Waals surface area contributed by atoms with Gasteiger partial charge >= 0.3 is 6.18 Å². The average Bonchev–Trinajstić information content (AvgIpc) is 2.42. The van der Waals surface area contributed by atoms with Crippen LogP contribution in [0.4, 0.5) is 13.2 Å². The Morgan fingerprint density at radius 1 is 1.24 bits per heavy atom. The lowest BCUT2D eigenvalue weighted by Gasteiger charge is -2.26. The molecule has 0 spiro atoms. The SMILES string of the molecule is CC(C)Oc1ccc(CNC(=O)[C@@H](N)C(C)(C)C)c(C(F)(F)F)c1.Cl. The zero-order chi connectivity index (χ0) is 18.7. The molecule has 0 bridgehead atoms. The molecule has 0 aliphatic heterocycles. The maximum Gasteiger partial charge on any atom is 0.416 e. The molecule has 1 atom stereocenters. The molecule has 8 heteroatoms. The lowest BCUT2D eigenvalue weighted by molar-refractivity contribution is -0.138. The third-order valence-electron chi connectivity index (χ3n) is 3.43. The summed E-state index contributed by atoms with van der Waals surface area (Å²) in [5.74, 6) is -0.350. The number of benzene rings is 1. The summed E-state index contributed by atoms with van der Waals surface area (Å²) in [6.07, 6.45) is -4.77. The Labute approximate surface area is 152 Å². The number of amides is 1. The highest BCUT2D eigenvalue weighted by Gasteiger charge is 2.34. The maximum absolute atomic E-state index is 13.2. The van der Waals surface area contributed by atoms with Crippen LogP contribution in [0, 0.1) is 5.41 Å². The Hall–Kier alpha value is -1.47. The zero-order valence-corrected chi connectivity index (χ0v) is 15.8. The highest BCUT2D eigenvalue weighted by molar-refractivity contribution is 5.85. The Bertz CT molecular complexity index is 584. The Balaban J connectivity index is 0.00000576. The smallest absolute Gasteiger partial charge is 0.416 e. The fourth-order valence-electron chi connectivity index (χ4n) is 2.00. The quantitative estimate of drug-likeness (QED) is 0.811. The topological polar surface area (TPSA) is 64.3 Å². The first-order chi connectivity index (χ1) is 10.8. The van der Waals surface area contributed by atoms with Crippen LogP contribution < -0.4 is 15.8 Å². The first kappa shape index (κ1) is 23.5. The van der Waals surface area contributed by atoms with Gasteiger partial charge in [-0.25, -0.2) is 0 Å². The van der Waals surface area contributed by atoms with Crippen molar-refractivity contribution in [2.75, 3.05) is 0 Å². The molecule has 25 heavy (non-hydrogen) atoms. The van der Waals surface area contributed by atoms with Crippen LogP contribution in [-0.2, 0) is 17.5 Å². The van der Waals surface area contributed by atoms with E-state index in [2.05, 4.69) is 5.32 Å². The molecule has 0 heterocycles. The van der Waals surface area contributed by atoms with Crippen LogP contribution in [0.15, 0.2) is 18.2 Å². The molecule has 0 saturated carbocycles. The lowest BCUT2D eigenvalue weighted by Crippen LogP contribution is -2.48. The fraction of sp³-hybridized carbons (Fsp3) is 0.588. The van der Waals surface area contributed by atoms with Crippen molar-refractivity contribution in [2.45, 2.75) is 59.5 Å². The van der Waals surface area contributed by atoms with Crippen molar-refractivity contribution >= 4 is 18.3 Å². The number of rotatable bonds is 5. The standard InChI is InChI=1S/C17H25F3N2O2.ClH/c1-10(2)24-12-7-6-11(13(8-12)17(18,19)20)9-22-15(23)14(21)16(3,4)5;/h6-8,10,14H,9,21H2,1-5H3,(H,22,23);1H/t14-;/m1./s1. The Morgan fingerprint density at radius 2 is 1.80 bits per heavy atom. The molecule has 0 radical (unpaired) electrons. The summed E-state index contributed by atoms with van der Waals surface area (Å²) in [6, 6.07) is 2.91. The molecule has 0 fully saturated rings. The molecule has 1 amide bonds. The summed E-state index contributed by atoms with van der Waals surface area (Å²) in [6.45, 7) is 8.58. The molecule has 3 N–H and O–H groups in total. The van der Waals surface area contributed by atoms with E-state index in [0.29, 0.717) is 0 Å². The zero-order valence-electron chi connectivity index (χ0n) is 15.0. The van der Waals surface area contributed by atoms with Gasteiger partial charge in [-0.2, -0.15) is 13.2 Å². The molecule has 1 aromatic rings. The second-order valence-electron chi connectivity index (χ2n) is 7.04. The van der Waals surface area contributed by atoms with Crippen LogP contribution in [-0.4, -0.2) is 18.1 Å². The number of halogens is 4. The van der Waals surface area contributed by atoms with E-state index in [4.69, 9.17) is 10.5 Å². The number of carbonyl (C=O) groups excluding carboxylic acids is 1. The van der Waals surface area contributed by atoms with Gasteiger partial charge in [0.1, 0.15) is 5.75 Å². The first-order valence-corrected chi connectivity index (χ1v) is 7.72. The molecule has 0 unspecified atom stereocenters. The summed E-state index contributed by atoms with van der Waals surface area (Å²) in [4.78, 5) is 12.0. The van der Waals surface area contributed by atoms with Crippen molar-refractivity contribution in [1.29, 1.82) is 0 Å². The van der Waals surface area contributed by atoms with Gasteiger partial charge in [-0.05, 0) is 37.0 Å². The second kappa shape index (κ2) is 8.76. The van der Waals surface area contributed by atoms with E-state index in [0.717, 1.165) is 6.07 Å². The van der Waals surface area contributed by atoms with E-state index in [9.17, 15) is 18.0 Å². The van der Waals surface area contributed by atoms with E-state index >= 15 is 0 Å². The van der Waals surface area contributed by atoms with Crippen molar-refractivity contribution in [3.63, 3.8) is 0 Å². The van der Waals surface area contributed by atoms with E-state index in [1.54, 1.807) is 34.6 Å². The van der Waals surface area contributed by atoms with Crippen molar-refractivity contribution in [2.24, 2.45) is 11.1 Å². The average molecular weight is 383 g/mol. The molecule has 144 valence electrons. The van der Waals surface area contributed by atoms with E-state index in [-0.39, 0.29) is 36.4 Å². The molecule has 0 aliphatic rings. The largest absolute Gasteiger partial charge is 0.491 e. The van der Waals surface area contributed by atoms with Gasteiger partial charge in [-0.1, -0.05) is 26.8 Å². The van der Waals surface area contributed by atoms with E-state index < -0.39 is 29.1 Å². The number of alkyl halides is 3. The minimum atomic E-state index is -4.54. The van der Waals surface area contributed by atoms with Gasteiger partial charge in [0.25, 0.3) is 0 Å². The van der Waals surface area contributed by atoms with Gasteiger partial charge in [0.05, 0.1) is 17.7 Å². The third-order valence-corrected chi connectivity index (χ3v) is 3.43. The lowest BCUT2D eigenvalue weighted by atomic mass is 9.87. The number of carbonyl (C=O) groups is 1. The van der Waals surface area contributed by atoms with Gasteiger partial charge in [-0.15, -0.1) is 12.4 Å².